The number of rotatable bonds is 4. The number of carbonyl (C=O) groups is 2. The Morgan fingerprint density at radius 3 is 2.57 bits per heavy atom. The van der Waals surface area contributed by atoms with Crippen LogP contribution >= 0.6 is 0 Å². The molecule has 2 amide bonds. The SMILES string of the molecule is COc1ccc(CN2CC(C)(C)N(C(=O)O)CC2=O)c(OC)c1. The lowest BCUT2D eigenvalue weighted by molar-refractivity contribution is -0.141. The molecule has 23 heavy (non-hydrogen) atoms. The molecule has 1 aromatic carbocycles. The zero-order valence-corrected chi connectivity index (χ0v) is 13.8. The normalized spacial score (nSPS) is 17.1. The maximum Gasteiger partial charge on any atom is 0.408 e. The van der Waals surface area contributed by atoms with Gasteiger partial charge in [0.2, 0.25) is 5.91 Å². The van der Waals surface area contributed by atoms with Crippen LogP contribution in [0.5, 0.6) is 11.5 Å². The summed E-state index contributed by atoms with van der Waals surface area (Å²) in [7, 11) is 3.14. The number of ether oxygens (including phenoxy) is 2. The second-order valence-corrected chi connectivity index (χ2v) is 6.11. The summed E-state index contributed by atoms with van der Waals surface area (Å²) in [4.78, 5) is 26.4. The Bertz CT molecular complexity index is 614. The van der Waals surface area contributed by atoms with Crippen LogP contribution in [0.3, 0.4) is 0 Å². The van der Waals surface area contributed by atoms with E-state index in [9.17, 15) is 14.7 Å². The van der Waals surface area contributed by atoms with Crippen LogP contribution in [0.2, 0.25) is 0 Å². The number of piperazine rings is 1. The van der Waals surface area contributed by atoms with Crippen LogP contribution in [0, 0.1) is 0 Å². The first kappa shape index (κ1) is 16.9. The third-order valence-electron chi connectivity index (χ3n) is 4.04. The molecule has 0 aromatic heterocycles. The van der Waals surface area contributed by atoms with Gasteiger partial charge in [0, 0.05) is 24.7 Å². The highest BCUT2D eigenvalue weighted by Gasteiger charge is 2.40. The summed E-state index contributed by atoms with van der Waals surface area (Å²) in [5, 5.41) is 9.23. The molecule has 126 valence electrons. The van der Waals surface area contributed by atoms with E-state index in [0.29, 0.717) is 24.6 Å². The fraction of sp³-hybridized carbons (Fsp3) is 0.500. The summed E-state index contributed by atoms with van der Waals surface area (Å²) >= 11 is 0. The van der Waals surface area contributed by atoms with Crippen LogP contribution in [0.4, 0.5) is 4.79 Å². The van der Waals surface area contributed by atoms with Gasteiger partial charge >= 0.3 is 6.09 Å². The molecular formula is C16H22N2O5. The minimum atomic E-state index is -1.08. The summed E-state index contributed by atoms with van der Waals surface area (Å²) in [6, 6.07) is 5.42. The summed E-state index contributed by atoms with van der Waals surface area (Å²) in [6.07, 6.45) is -1.08. The number of benzene rings is 1. The Morgan fingerprint density at radius 2 is 2.00 bits per heavy atom. The van der Waals surface area contributed by atoms with Crippen LogP contribution in [0.15, 0.2) is 18.2 Å². The molecule has 0 spiro atoms. The minimum absolute atomic E-state index is 0.138. The number of amides is 2. The summed E-state index contributed by atoms with van der Waals surface area (Å²) in [5.74, 6) is 1.09. The zero-order chi connectivity index (χ0) is 17.2. The standard InChI is InChI=1S/C16H22N2O5/c1-16(2)10-17(14(19)9-18(16)15(20)21)8-11-5-6-12(22-3)7-13(11)23-4/h5-7H,8-10H2,1-4H3,(H,20,21). The van der Waals surface area contributed by atoms with Crippen molar-refractivity contribution < 1.29 is 24.2 Å². The molecule has 1 saturated heterocycles. The molecule has 7 heteroatoms. The van der Waals surface area contributed by atoms with Crippen molar-refractivity contribution in [3.05, 3.63) is 23.8 Å². The fourth-order valence-electron chi connectivity index (χ4n) is 2.75. The number of methoxy groups -OCH3 is 2. The van der Waals surface area contributed by atoms with Gasteiger partial charge < -0.3 is 19.5 Å². The fourth-order valence-corrected chi connectivity index (χ4v) is 2.75. The van der Waals surface area contributed by atoms with Gasteiger partial charge in [-0.1, -0.05) is 0 Å². The zero-order valence-electron chi connectivity index (χ0n) is 13.8. The highest BCUT2D eigenvalue weighted by molar-refractivity contribution is 5.84. The average Bonchev–Trinajstić information content (AvgIpc) is 2.50. The molecule has 0 atom stereocenters. The van der Waals surface area contributed by atoms with Crippen molar-refractivity contribution in [2.75, 3.05) is 27.3 Å². The molecule has 2 rings (SSSR count). The van der Waals surface area contributed by atoms with E-state index in [2.05, 4.69) is 0 Å². The summed E-state index contributed by atoms with van der Waals surface area (Å²) in [6.45, 7) is 4.18. The first-order chi connectivity index (χ1) is 10.8. The van der Waals surface area contributed by atoms with Crippen molar-refractivity contribution in [2.24, 2.45) is 0 Å². The van der Waals surface area contributed by atoms with Crippen molar-refractivity contribution in [2.45, 2.75) is 25.9 Å². The molecule has 7 nitrogen and oxygen atoms in total. The van der Waals surface area contributed by atoms with Crippen molar-refractivity contribution in [1.82, 2.24) is 9.80 Å². The van der Waals surface area contributed by atoms with E-state index < -0.39 is 11.6 Å². The number of nitrogens with zero attached hydrogens (tertiary/aromatic N) is 2. The van der Waals surface area contributed by atoms with E-state index in [4.69, 9.17) is 9.47 Å². The van der Waals surface area contributed by atoms with Crippen molar-refractivity contribution in [3.8, 4) is 11.5 Å². The van der Waals surface area contributed by atoms with Gasteiger partial charge in [0.1, 0.15) is 18.0 Å². The molecule has 0 aliphatic carbocycles. The quantitative estimate of drug-likeness (QED) is 0.914. The number of carboxylic acid groups (broad SMARTS) is 1. The minimum Gasteiger partial charge on any atom is -0.497 e. The topological polar surface area (TPSA) is 79.3 Å². The van der Waals surface area contributed by atoms with E-state index >= 15 is 0 Å². The lowest BCUT2D eigenvalue weighted by Gasteiger charge is -2.45. The Hall–Kier alpha value is -2.44. The highest BCUT2D eigenvalue weighted by atomic mass is 16.5. The van der Waals surface area contributed by atoms with E-state index in [1.54, 1.807) is 31.3 Å². The van der Waals surface area contributed by atoms with Crippen LogP contribution in [-0.4, -0.2) is 59.8 Å². The monoisotopic (exact) mass is 322 g/mol. The summed E-state index contributed by atoms with van der Waals surface area (Å²) in [5.41, 5.74) is 0.209. The lowest BCUT2D eigenvalue weighted by Crippen LogP contribution is -2.62. The van der Waals surface area contributed by atoms with Crippen LogP contribution in [0.1, 0.15) is 19.4 Å². The lowest BCUT2D eigenvalue weighted by atomic mass is 9.98. The average molecular weight is 322 g/mol. The Labute approximate surface area is 135 Å². The van der Waals surface area contributed by atoms with Crippen molar-refractivity contribution >= 4 is 12.0 Å². The van der Waals surface area contributed by atoms with Gasteiger partial charge in [-0.3, -0.25) is 9.69 Å². The molecule has 1 aliphatic heterocycles. The molecule has 0 bridgehead atoms. The first-order valence-electron chi connectivity index (χ1n) is 7.27. The molecular weight excluding hydrogens is 300 g/mol. The largest absolute Gasteiger partial charge is 0.497 e. The molecule has 1 aliphatic rings. The van der Waals surface area contributed by atoms with Crippen LogP contribution in [-0.2, 0) is 11.3 Å². The molecule has 0 radical (unpaired) electrons. The Balaban J connectivity index is 2.21. The molecule has 1 heterocycles. The predicted octanol–water partition coefficient (Wildman–Crippen LogP) is 1.80. The van der Waals surface area contributed by atoms with Gasteiger partial charge in [0.15, 0.2) is 0 Å². The molecule has 1 fully saturated rings. The third-order valence-corrected chi connectivity index (χ3v) is 4.04. The first-order valence-corrected chi connectivity index (χ1v) is 7.27. The molecule has 1 N–H and O–H groups in total. The maximum absolute atomic E-state index is 12.3. The van der Waals surface area contributed by atoms with Gasteiger partial charge in [-0.15, -0.1) is 0 Å². The molecule has 0 saturated carbocycles. The third kappa shape index (κ3) is 3.49. The van der Waals surface area contributed by atoms with E-state index in [0.717, 1.165) is 5.56 Å². The summed E-state index contributed by atoms with van der Waals surface area (Å²) < 4.78 is 10.5. The maximum atomic E-state index is 12.3. The Kier molecular flexibility index (Phi) is 4.68. The van der Waals surface area contributed by atoms with Gasteiger partial charge in [-0.25, -0.2) is 4.79 Å². The van der Waals surface area contributed by atoms with Gasteiger partial charge in [-0.05, 0) is 26.0 Å². The molecule has 0 unspecified atom stereocenters. The second kappa shape index (κ2) is 6.36. The number of hydrogen-bond acceptors (Lipinski definition) is 4. The second-order valence-electron chi connectivity index (χ2n) is 6.11. The Morgan fingerprint density at radius 1 is 1.30 bits per heavy atom. The smallest absolute Gasteiger partial charge is 0.408 e. The van der Waals surface area contributed by atoms with E-state index in [1.165, 1.54) is 4.90 Å². The van der Waals surface area contributed by atoms with Crippen LogP contribution < -0.4 is 9.47 Å². The van der Waals surface area contributed by atoms with Crippen LogP contribution in [0.25, 0.3) is 0 Å². The van der Waals surface area contributed by atoms with Gasteiger partial charge in [-0.2, -0.15) is 0 Å². The van der Waals surface area contributed by atoms with E-state index in [1.807, 2.05) is 19.9 Å². The van der Waals surface area contributed by atoms with E-state index in [-0.39, 0.29) is 12.5 Å². The number of carbonyl (C=O) groups excluding carboxylic acids is 1. The number of hydrogen-bond donors (Lipinski definition) is 1. The molecule has 1 aromatic rings. The van der Waals surface area contributed by atoms with Crippen molar-refractivity contribution in [1.29, 1.82) is 0 Å². The van der Waals surface area contributed by atoms with Gasteiger partial charge in [0.05, 0.1) is 19.8 Å². The van der Waals surface area contributed by atoms with Gasteiger partial charge in [0.25, 0.3) is 0 Å². The predicted molar refractivity (Wildman–Crippen MR) is 83.8 cm³/mol. The van der Waals surface area contributed by atoms with Crippen molar-refractivity contribution in [3.63, 3.8) is 0 Å². The highest BCUT2D eigenvalue weighted by Crippen LogP contribution is 2.28.